The molecular formula is C16H9F4N5. The molecule has 3 heterocycles. The van der Waals surface area contributed by atoms with Gasteiger partial charge in [-0.15, -0.1) is 0 Å². The van der Waals surface area contributed by atoms with Gasteiger partial charge in [0, 0.05) is 17.3 Å². The summed E-state index contributed by atoms with van der Waals surface area (Å²) in [4.78, 5) is 7.49. The van der Waals surface area contributed by atoms with Gasteiger partial charge in [0.25, 0.3) is 0 Å². The van der Waals surface area contributed by atoms with Crippen molar-refractivity contribution in [1.82, 2.24) is 24.7 Å². The molecule has 0 fully saturated rings. The summed E-state index contributed by atoms with van der Waals surface area (Å²) in [5.74, 6) is -0.618. The number of hydrogen-bond acceptors (Lipinski definition) is 3. The van der Waals surface area contributed by atoms with Crippen LogP contribution >= 0.6 is 0 Å². The number of pyridine rings is 1. The molecule has 4 aromatic rings. The van der Waals surface area contributed by atoms with Crippen molar-refractivity contribution in [2.75, 3.05) is 0 Å². The highest BCUT2D eigenvalue weighted by molar-refractivity contribution is 5.80. The zero-order valence-electron chi connectivity index (χ0n) is 12.4. The fraction of sp³-hybridized carbons (Fsp3) is 0.0625. The summed E-state index contributed by atoms with van der Waals surface area (Å²) in [5.41, 5.74) is 0.282. The van der Waals surface area contributed by atoms with E-state index in [-0.39, 0.29) is 11.5 Å². The zero-order chi connectivity index (χ0) is 17.6. The maximum absolute atomic E-state index is 13.1. The van der Waals surface area contributed by atoms with Gasteiger partial charge in [0.2, 0.25) is 0 Å². The fourth-order valence-electron chi connectivity index (χ4n) is 2.48. The molecule has 4 rings (SSSR count). The van der Waals surface area contributed by atoms with E-state index >= 15 is 0 Å². The number of aromatic amines is 1. The first-order valence-electron chi connectivity index (χ1n) is 7.14. The second-order valence-corrected chi connectivity index (χ2v) is 5.32. The van der Waals surface area contributed by atoms with Crippen molar-refractivity contribution in [2.24, 2.45) is 0 Å². The van der Waals surface area contributed by atoms with Crippen LogP contribution in [-0.4, -0.2) is 24.7 Å². The third-order valence-corrected chi connectivity index (χ3v) is 3.65. The van der Waals surface area contributed by atoms with Crippen LogP contribution in [0.1, 0.15) is 5.69 Å². The number of fused-ring (bicyclic) bond motifs is 1. The lowest BCUT2D eigenvalue weighted by atomic mass is 10.2. The Labute approximate surface area is 138 Å². The maximum atomic E-state index is 13.1. The molecule has 5 nitrogen and oxygen atoms in total. The van der Waals surface area contributed by atoms with Gasteiger partial charge in [-0.1, -0.05) is 0 Å². The van der Waals surface area contributed by atoms with E-state index in [0.29, 0.717) is 5.69 Å². The topological polar surface area (TPSA) is 59.4 Å². The van der Waals surface area contributed by atoms with Crippen molar-refractivity contribution in [2.45, 2.75) is 6.18 Å². The molecule has 0 atom stereocenters. The van der Waals surface area contributed by atoms with Crippen molar-refractivity contribution in [3.05, 3.63) is 60.4 Å². The van der Waals surface area contributed by atoms with E-state index in [1.54, 1.807) is 24.4 Å². The second kappa shape index (κ2) is 5.40. The Kier molecular flexibility index (Phi) is 3.31. The Hall–Kier alpha value is -3.23. The summed E-state index contributed by atoms with van der Waals surface area (Å²) in [5, 5.41) is 7.39. The Morgan fingerprint density at radius 3 is 2.60 bits per heavy atom. The summed E-state index contributed by atoms with van der Waals surface area (Å²) in [6.07, 6.45) is -1.22. The van der Waals surface area contributed by atoms with Gasteiger partial charge in [0.15, 0.2) is 11.5 Å². The highest BCUT2D eigenvalue weighted by Gasteiger charge is 2.35. The van der Waals surface area contributed by atoms with E-state index in [0.717, 1.165) is 29.4 Å². The smallest absolute Gasteiger partial charge is 0.298 e. The molecule has 0 radical (unpaired) electrons. The molecule has 3 aromatic heterocycles. The number of aromatic nitrogens is 5. The summed E-state index contributed by atoms with van der Waals surface area (Å²) >= 11 is 0. The minimum absolute atomic E-state index is 0.0323. The average Bonchev–Trinajstić information content (AvgIpc) is 3.21. The number of halogens is 4. The molecule has 0 saturated carbocycles. The lowest BCUT2D eigenvalue weighted by Crippen LogP contribution is -2.05. The van der Waals surface area contributed by atoms with Crippen LogP contribution in [0.3, 0.4) is 0 Å². The normalized spacial score (nSPS) is 12.0. The van der Waals surface area contributed by atoms with Crippen LogP contribution < -0.4 is 0 Å². The lowest BCUT2D eigenvalue weighted by molar-refractivity contribution is -0.140. The number of imidazole rings is 1. The van der Waals surface area contributed by atoms with Crippen molar-refractivity contribution in [3.63, 3.8) is 0 Å². The Bertz CT molecular complexity index is 1050. The molecule has 0 unspecified atom stereocenters. The van der Waals surface area contributed by atoms with Crippen LogP contribution in [0.2, 0.25) is 0 Å². The molecule has 9 heteroatoms. The van der Waals surface area contributed by atoms with Crippen molar-refractivity contribution in [3.8, 4) is 17.2 Å². The minimum atomic E-state index is -4.61. The van der Waals surface area contributed by atoms with Crippen molar-refractivity contribution < 1.29 is 17.6 Å². The van der Waals surface area contributed by atoms with E-state index < -0.39 is 17.7 Å². The molecule has 0 spiro atoms. The van der Waals surface area contributed by atoms with Gasteiger partial charge in [0.05, 0.1) is 17.9 Å². The number of benzene rings is 1. The van der Waals surface area contributed by atoms with Crippen LogP contribution in [-0.2, 0) is 6.18 Å². The minimum Gasteiger partial charge on any atom is -0.298 e. The van der Waals surface area contributed by atoms with Gasteiger partial charge in [-0.25, -0.2) is 14.4 Å². The zero-order valence-corrected chi connectivity index (χ0v) is 12.4. The first-order valence-corrected chi connectivity index (χ1v) is 7.14. The van der Waals surface area contributed by atoms with Crippen LogP contribution in [0.4, 0.5) is 17.6 Å². The summed E-state index contributed by atoms with van der Waals surface area (Å²) in [7, 11) is 0. The highest BCUT2D eigenvalue weighted by atomic mass is 19.4. The molecule has 0 aliphatic carbocycles. The summed E-state index contributed by atoms with van der Waals surface area (Å²) in [6, 6.07) is 7.41. The number of hydrogen-bond donors (Lipinski definition) is 1. The van der Waals surface area contributed by atoms with Crippen LogP contribution in [0.5, 0.6) is 0 Å². The molecule has 0 aliphatic heterocycles. The molecule has 1 aromatic carbocycles. The van der Waals surface area contributed by atoms with Crippen molar-refractivity contribution in [1.29, 1.82) is 0 Å². The number of nitrogens with one attached hydrogen (secondary N) is 1. The largest absolute Gasteiger partial charge is 0.434 e. The molecule has 25 heavy (non-hydrogen) atoms. The SMILES string of the molecule is Fc1ccc(-c2nc(C(F)(F)F)cn2-c2ccc3[nH]ncc3c2)nc1. The first-order chi connectivity index (χ1) is 11.9. The van der Waals surface area contributed by atoms with Crippen LogP contribution in [0.25, 0.3) is 28.1 Å². The number of H-pyrrole nitrogens is 1. The van der Waals surface area contributed by atoms with Crippen LogP contribution in [0, 0.1) is 5.82 Å². The van der Waals surface area contributed by atoms with Gasteiger partial charge in [-0.3, -0.25) is 9.67 Å². The molecule has 0 amide bonds. The number of nitrogens with zero attached hydrogens (tertiary/aromatic N) is 4. The third kappa shape index (κ3) is 2.73. The van der Waals surface area contributed by atoms with E-state index in [2.05, 4.69) is 20.2 Å². The summed E-state index contributed by atoms with van der Waals surface area (Å²) in [6.45, 7) is 0. The monoisotopic (exact) mass is 347 g/mol. The van der Waals surface area contributed by atoms with Crippen LogP contribution in [0.15, 0.2) is 48.9 Å². The van der Waals surface area contributed by atoms with Crippen molar-refractivity contribution >= 4 is 10.9 Å². The Morgan fingerprint density at radius 1 is 1.04 bits per heavy atom. The van der Waals surface area contributed by atoms with E-state index in [9.17, 15) is 17.6 Å². The van der Waals surface area contributed by atoms with Gasteiger partial charge in [-0.2, -0.15) is 18.3 Å². The predicted octanol–water partition coefficient (Wildman–Crippen LogP) is 3.97. The van der Waals surface area contributed by atoms with Gasteiger partial charge in [-0.05, 0) is 30.3 Å². The standard InChI is InChI=1S/C16H9F4N5/c17-10-1-3-13(21-7-10)15-23-14(16(18,19)20)8-25(15)11-2-4-12-9(5-11)6-22-24-12/h1-8H,(H,22,24). The van der Waals surface area contributed by atoms with Gasteiger partial charge in [0.1, 0.15) is 11.5 Å². The quantitative estimate of drug-likeness (QED) is 0.558. The molecule has 0 aliphatic rings. The van der Waals surface area contributed by atoms with E-state index in [1.165, 1.54) is 10.6 Å². The number of alkyl halides is 3. The van der Waals surface area contributed by atoms with Gasteiger partial charge >= 0.3 is 6.18 Å². The molecule has 0 bridgehead atoms. The number of rotatable bonds is 2. The molecule has 126 valence electrons. The average molecular weight is 347 g/mol. The highest BCUT2D eigenvalue weighted by Crippen LogP contribution is 2.32. The molecular weight excluding hydrogens is 338 g/mol. The maximum Gasteiger partial charge on any atom is 0.434 e. The second-order valence-electron chi connectivity index (χ2n) is 5.32. The predicted molar refractivity (Wildman–Crippen MR) is 81.4 cm³/mol. The Balaban J connectivity index is 1.92. The fourth-order valence-corrected chi connectivity index (χ4v) is 2.48. The lowest BCUT2D eigenvalue weighted by Gasteiger charge is -2.07. The van der Waals surface area contributed by atoms with E-state index in [4.69, 9.17) is 0 Å². The summed E-state index contributed by atoms with van der Waals surface area (Å²) < 4.78 is 53.7. The third-order valence-electron chi connectivity index (χ3n) is 3.65. The first kappa shape index (κ1) is 15.3. The van der Waals surface area contributed by atoms with E-state index in [1.807, 2.05) is 0 Å². The van der Waals surface area contributed by atoms with Gasteiger partial charge < -0.3 is 0 Å². The molecule has 1 N–H and O–H groups in total. The molecule has 0 saturated heterocycles. The Morgan fingerprint density at radius 2 is 1.88 bits per heavy atom.